The third kappa shape index (κ3) is 2.22. The van der Waals surface area contributed by atoms with Crippen LogP contribution in [0, 0.1) is 11.3 Å². The summed E-state index contributed by atoms with van der Waals surface area (Å²) in [5.41, 5.74) is 2.79. The lowest BCUT2D eigenvalue weighted by Gasteiger charge is -2.08. The standard InChI is InChI=1S/C15H9BrN4/c16-12-5-1-2-7-14(12)20-15(9-11(10-17)19-20)13-6-3-4-8-18-13/h1-9H. The van der Waals surface area contributed by atoms with E-state index in [9.17, 15) is 0 Å². The van der Waals surface area contributed by atoms with Gasteiger partial charge in [0.25, 0.3) is 0 Å². The van der Waals surface area contributed by atoms with Crippen LogP contribution in [-0.2, 0) is 0 Å². The lowest BCUT2D eigenvalue weighted by Crippen LogP contribution is -2.01. The van der Waals surface area contributed by atoms with Crippen LogP contribution in [0.4, 0.5) is 0 Å². The van der Waals surface area contributed by atoms with Crippen molar-refractivity contribution in [2.75, 3.05) is 0 Å². The lowest BCUT2D eigenvalue weighted by atomic mass is 10.2. The highest BCUT2D eigenvalue weighted by Crippen LogP contribution is 2.26. The number of nitriles is 1. The predicted octanol–water partition coefficient (Wildman–Crippen LogP) is 3.57. The molecule has 96 valence electrons. The van der Waals surface area contributed by atoms with Gasteiger partial charge in [0.2, 0.25) is 0 Å². The fourth-order valence-corrected chi connectivity index (χ4v) is 2.39. The van der Waals surface area contributed by atoms with Gasteiger partial charge in [0, 0.05) is 16.7 Å². The molecule has 0 unspecified atom stereocenters. The van der Waals surface area contributed by atoms with Gasteiger partial charge in [-0.2, -0.15) is 10.4 Å². The molecule has 0 saturated heterocycles. The van der Waals surface area contributed by atoms with E-state index in [0.717, 1.165) is 21.5 Å². The molecule has 5 heteroatoms. The molecule has 0 N–H and O–H groups in total. The molecular weight excluding hydrogens is 316 g/mol. The number of pyridine rings is 1. The van der Waals surface area contributed by atoms with E-state index in [4.69, 9.17) is 5.26 Å². The van der Waals surface area contributed by atoms with Gasteiger partial charge in [-0.15, -0.1) is 0 Å². The molecule has 4 nitrogen and oxygen atoms in total. The van der Waals surface area contributed by atoms with Gasteiger partial charge in [-0.05, 0) is 40.2 Å². The van der Waals surface area contributed by atoms with Crippen molar-refractivity contribution in [3.05, 3.63) is 64.9 Å². The van der Waals surface area contributed by atoms with E-state index in [2.05, 4.69) is 32.1 Å². The van der Waals surface area contributed by atoms with Crippen LogP contribution in [0.2, 0.25) is 0 Å². The third-order valence-electron chi connectivity index (χ3n) is 2.83. The second-order valence-electron chi connectivity index (χ2n) is 4.10. The van der Waals surface area contributed by atoms with E-state index in [0.29, 0.717) is 5.69 Å². The zero-order chi connectivity index (χ0) is 13.9. The Labute approximate surface area is 124 Å². The largest absolute Gasteiger partial charge is 0.255 e. The molecule has 0 aliphatic heterocycles. The van der Waals surface area contributed by atoms with Crippen LogP contribution in [0.1, 0.15) is 5.69 Å². The van der Waals surface area contributed by atoms with E-state index < -0.39 is 0 Å². The zero-order valence-electron chi connectivity index (χ0n) is 10.4. The SMILES string of the molecule is N#Cc1cc(-c2ccccn2)n(-c2ccccc2Br)n1. The molecule has 0 spiro atoms. The minimum Gasteiger partial charge on any atom is -0.255 e. The molecule has 2 heterocycles. The summed E-state index contributed by atoms with van der Waals surface area (Å²) >= 11 is 3.51. The van der Waals surface area contributed by atoms with Gasteiger partial charge in [0.1, 0.15) is 6.07 Å². The molecule has 0 aliphatic rings. The Morgan fingerprint density at radius 3 is 2.60 bits per heavy atom. The van der Waals surface area contributed by atoms with Crippen LogP contribution in [0.25, 0.3) is 17.1 Å². The van der Waals surface area contributed by atoms with Crippen molar-refractivity contribution in [3.8, 4) is 23.1 Å². The molecule has 0 aliphatic carbocycles. The van der Waals surface area contributed by atoms with Crippen LogP contribution >= 0.6 is 15.9 Å². The van der Waals surface area contributed by atoms with Crippen LogP contribution < -0.4 is 0 Å². The highest BCUT2D eigenvalue weighted by Gasteiger charge is 2.13. The molecule has 0 amide bonds. The second kappa shape index (κ2) is 5.27. The molecule has 20 heavy (non-hydrogen) atoms. The smallest absolute Gasteiger partial charge is 0.163 e. The lowest BCUT2D eigenvalue weighted by molar-refractivity contribution is 0.872. The van der Waals surface area contributed by atoms with Crippen molar-refractivity contribution in [3.63, 3.8) is 0 Å². The van der Waals surface area contributed by atoms with Crippen molar-refractivity contribution < 1.29 is 0 Å². The van der Waals surface area contributed by atoms with Gasteiger partial charge >= 0.3 is 0 Å². The summed E-state index contributed by atoms with van der Waals surface area (Å²) in [6, 6.07) is 17.2. The Balaban J connectivity index is 2.24. The van der Waals surface area contributed by atoms with Crippen molar-refractivity contribution in [1.82, 2.24) is 14.8 Å². The fraction of sp³-hybridized carbons (Fsp3) is 0. The first kappa shape index (κ1) is 12.6. The minimum atomic E-state index is 0.362. The average molecular weight is 325 g/mol. The Bertz CT molecular complexity index is 787. The highest BCUT2D eigenvalue weighted by atomic mass is 79.9. The van der Waals surface area contributed by atoms with E-state index in [1.807, 2.05) is 42.5 Å². The summed E-state index contributed by atoms with van der Waals surface area (Å²) in [6.07, 6.45) is 1.72. The number of benzene rings is 1. The van der Waals surface area contributed by atoms with E-state index in [1.54, 1.807) is 16.9 Å². The molecule has 0 atom stereocenters. The van der Waals surface area contributed by atoms with Crippen LogP contribution in [-0.4, -0.2) is 14.8 Å². The quantitative estimate of drug-likeness (QED) is 0.724. The maximum atomic E-state index is 9.08. The summed E-state index contributed by atoms with van der Waals surface area (Å²) in [5, 5.41) is 13.4. The summed E-state index contributed by atoms with van der Waals surface area (Å²) in [6.45, 7) is 0. The first-order valence-corrected chi connectivity index (χ1v) is 6.75. The average Bonchev–Trinajstić information content (AvgIpc) is 2.93. The number of hydrogen-bond donors (Lipinski definition) is 0. The van der Waals surface area contributed by atoms with Crippen molar-refractivity contribution in [2.24, 2.45) is 0 Å². The number of hydrogen-bond acceptors (Lipinski definition) is 3. The van der Waals surface area contributed by atoms with Gasteiger partial charge in [0.05, 0.1) is 17.1 Å². The monoisotopic (exact) mass is 324 g/mol. The second-order valence-corrected chi connectivity index (χ2v) is 4.96. The maximum Gasteiger partial charge on any atom is 0.163 e. The molecule has 0 saturated carbocycles. The molecule has 0 radical (unpaired) electrons. The highest BCUT2D eigenvalue weighted by molar-refractivity contribution is 9.10. The zero-order valence-corrected chi connectivity index (χ0v) is 11.9. The van der Waals surface area contributed by atoms with Crippen molar-refractivity contribution >= 4 is 15.9 Å². The summed E-state index contributed by atoms with van der Waals surface area (Å²) in [7, 11) is 0. The maximum absolute atomic E-state index is 9.08. The van der Waals surface area contributed by atoms with Gasteiger partial charge in [-0.1, -0.05) is 18.2 Å². The van der Waals surface area contributed by atoms with E-state index in [1.165, 1.54) is 0 Å². The molecule has 0 fully saturated rings. The first-order valence-electron chi connectivity index (χ1n) is 5.96. The molecular formula is C15H9BrN4. The van der Waals surface area contributed by atoms with E-state index >= 15 is 0 Å². The summed E-state index contributed by atoms with van der Waals surface area (Å²) in [5.74, 6) is 0. The number of halogens is 1. The number of rotatable bonds is 2. The van der Waals surface area contributed by atoms with Gasteiger partial charge in [-0.25, -0.2) is 4.68 Å². The van der Waals surface area contributed by atoms with Crippen LogP contribution in [0.5, 0.6) is 0 Å². The third-order valence-corrected chi connectivity index (χ3v) is 3.50. The molecule has 1 aromatic carbocycles. The topological polar surface area (TPSA) is 54.5 Å². The first-order chi connectivity index (χ1) is 9.79. The Kier molecular flexibility index (Phi) is 3.32. The van der Waals surface area contributed by atoms with Crippen molar-refractivity contribution in [1.29, 1.82) is 5.26 Å². The van der Waals surface area contributed by atoms with Crippen molar-refractivity contribution in [2.45, 2.75) is 0 Å². The fourth-order valence-electron chi connectivity index (χ4n) is 1.94. The number of aromatic nitrogens is 3. The number of nitrogens with zero attached hydrogens (tertiary/aromatic N) is 4. The molecule has 3 aromatic rings. The van der Waals surface area contributed by atoms with Gasteiger partial charge in [0.15, 0.2) is 5.69 Å². The molecule has 2 aromatic heterocycles. The van der Waals surface area contributed by atoms with Crippen LogP contribution in [0.3, 0.4) is 0 Å². The van der Waals surface area contributed by atoms with Gasteiger partial charge in [-0.3, -0.25) is 4.98 Å². The molecule has 3 rings (SSSR count). The normalized spacial score (nSPS) is 10.2. The number of para-hydroxylation sites is 1. The Morgan fingerprint density at radius 2 is 1.90 bits per heavy atom. The van der Waals surface area contributed by atoms with Gasteiger partial charge < -0.3 is 0 Å². The minimum absolute atomic E-state index is 0.362. The summed E-state index contributed by atoms with van der Waals surface area (Å²) < 4.78 is 2.63. The van der Waals surface area contributed by atoms with E-state index in [-0.39, 0.29) is 0 Å². The van der Waals surface area contributed by atoms with Crippen LogP contribution in [0.15, 0.2) is 59.2 Å². The predicted molar refractivity (Wildman–Crippen MR) is 79.2 cm³/mol. The Morgan fingerprint density at radius 1 is 1.10 bits per heavy atom. The molecule has 0 bridgehead atoms. The Hall–Kier alpha value is -2.45. The summed E-state index contributed by atoms with van der Waals surface area (Å²) in [4.78, 5) is 4.33.